The van der Waals surface area contributed by atoms with Gasteiger partial charge in [-0.1, -0.05) is 11.6 Å². The molecule has 2 bridgehead atoms. The van der Waals surface area contributed by atoms with Gasteiger partial charge in [0, 0.05) is 17.9 Å². The summed E-state index contributed by atoms with van der Waals surface area (Å²) in [5.41, 5.74) is 2.24. The fraction of sp³-hybridized carbons (Fsp3) is 0.611. The second-order valence-corrected chi connectivity index (χ2v) is 8.37. The highest BCUT2D eigenvalue weighted by atomic mass is 35.5. The van der Waals surface area contributed by atoms with E-state index in [-0.39, 0.29) is 6.04 Å². The molecule has 1 atom stereocenters. The average Bonchev–Trinajstić information content (AvgIpc) is 2.83. The van der Waals surface area contributed by atoms with Crippen molar-refractivity contribution in [3.05, 3.63) is 16.9 Å². The van der Waals surface area contributed by atoms with Crippen molar-refractivity contribution in [2.24, 2.45) is 5.41 Å². The van der Waals surface area contributed by atoms with E-state index in [0.717, 1.165) is 43.9 Å². The summed E-state index contributed by atoms with van der Waals surface area (Å²) in [7, 11) is 0. The smallest absolute Gasteiger partial charge is 0.257 e. The number of anilines is 3. The summed E-state index contributed by atoms with van der Waals surface area (Å²) >= 11 is 6.23. The monoisotopic (exact) mass is 390 g/mol. The van der Waals surface area contributed by atoms with Crippen LogP contribution < -0.4 is 15.4 Å². The number of hydrogen-bond donors (Lipinski definition) is 2. The van der Waals surface area contributed by atoms with Crippen LogP contribution in [0.4, 0.5) is 17.5 Å². The Morgan fingerprint density at radius 3 is 2.89 bits per heavy atom. The summed E-state index contributed by atoms with van der Waals surface area (Å²) in [6.45, 7) is 6.45. The van der Waals surface area contributed by atoms with Crippen LogP contribution in [0.25, 0.3) is 0 Å². The summed E-state index contributed by atoms with van der Waals surface area (Å²) < 4.78 is 13.5. The normalized spacial score (nSPS) is 23.7. The number of ether oxygens (including phenoxy) is 2. The van der Waals surface area contributed by atoms with Gasteiger partial charge in [0.1, 0.15) is 10.7 Å². The van der Waals surface area contributed by atoms with Crippen LogP contribution in [0.15, 0.2) is 6.20 Å². The second kappa shape index (κ2) is 6.24. The predicted octanol–water partition coefficient (Wildman–Crippen LogP) is 3.31. The molecule has 5 rings (SSSR count). The molecule has 1 saturated carbocycles. The van der Waals surface area contributed by atoms with E-state index in [4.69, 9.17) is 26.2 Å². The Hall–Kier alpha value is -2.06. The topological polar surface area (TPSA) is 86.1 Å². The third-order valence-corrected chi connectivity index (χ3v) is 6.05. The third-order valence-electron chi connectivity index (χ3n) is 5.77. The Bertz CT molecular complexity index is 873. The zero-order valence-corrected chi connectivity index (χ0v) is 16.2. The Morgan fingerprint density at radius 1 is 1.33 bits per heavy atom. The van der Waals surface area contributed by atoms with Crippen molar-refractivity contribution in [3.8, 4) is 5.88 Å². The molecule has 27 heavy (non-hydrogen) atoms. The lowest BCUT2D eigenvalue weighted by molar-refractivity contribution is -0.176. The largest absolute Gasteiger partial charge is 0.475 e. The lowest BCUT2D eigenvalue weighted by atomic mass is 9.64. The first kappa shape index (κ1) is 17.1. The van der Waals surface area contributed by atoms with Gasteiger partial charge in [0.25, 0.3) is 5.88 Å². The quantitative estimate of drug-likeness (QED) is 0.772. The summed E-state index contributed by atoms with van der Waals surface area (Å²) in [5, 5.41) is 11.9. The fourth-order valence-corrected chi connectivity index (χ4v) is 4.26. The van der Waals surface area contributed by atoms with E-state index in [9.17, 15) is 0 Å². The molecule has 2 aliphatic heterocycles. The highest BCUT2D eigenvalue weighted by Crippen LogP contribution is 2.54. The molecule has 9 heteroatoms. The van der Waals surface area contributed by atoms with Crippen molar-refractivity contribution in [2.75, 3.05) is 30.5 Å². The van der Waals surface area contributed by atoms with Gasteiger partial charge in [0.2, 0.25) is 5.95 Å². The van der Waals surface area contributed by atoms with E-state index in [1.807, 2.05) is 0 Å². The summed E-state index contributed by atoms with van der Waals surface area (Å²) in [4.78, 5) is 8.83. The van der Waals surface area contributed by atoms with Crippen LogP contribution in [0.2, 0.25) is 5.02 Å². The summed E-state index contributed by atoms with van der Waals surface area (Å²) in [6, 6.07) is 0.557. The van der Waals surface area contributed by atoms with Gasteiger partial charge in [-0.2, -0.15) is 4.98 Å². The van der Waals surface area contributed by atoms with Gasteiger partial charge < -0.3 is 20.1 Å². The molecular weight excluding hydrogens is 368 g/mol. The van der Waals surface area contributed by atoms with Crippen molar-refractivity contribution < 1.29 is 9.47 Å². The maximum atomic E-state index is 6.23. The van der Waals surface area contributed by atoms with E-state index in [1.165, 1.54) is 0 Å². The minimum Gasteiger partial charge on any atom is -0.475 e. The molecule has 0 amide bonds. The van der Waals surface area contributed by atoms with Crippen LogP contribution in [0.3, 0.4) is 0 Å². The van der Waals surface area contributed by atoms with Crippen LogP contribution in [-0.4, -0.2) is 45.6 Å². The van der Waals surface area contributed by atoms with Crippen LogP contribution in [0.1, 0.15) is 37.9 Å². The molecule has 2 N–H and O–H groups in total. The van der Waals surface area contributed by atoms with E-state index in [1.54, 1.807) is 6.20 Å². The van der Waals surface area contributed by atoms with Crippen molar-refractivity contribution in [1.82, 2.24) is 19.7 Å². The Morgan fingerprint density at radius 2 is 2.15 bits per heavy atom. The van der Waals surface area contributed by atoms with Gasteiger partial charge in [0.05, 0.1) is 37.8 Å². The first-order valence-corrected chi connectivity index (χ1v) is 9.77. The van der Waals surface area contributed by atoms with Gasteiger partial charge in [-0.05, 0) is 26.7 Å². The zero-order chi connectivity index (χ0) is 18.6. The molecule has 2 aromatic rings. The third kappa shape index (κ3) is 2.91. The molecular formula is C18H23ClN6O2. The van der Waals surface area contributed by atoms with Gasteiger partial charge in [-0.25, -0.2) is 4.98 Å². The first-order chi connectivity index (χ1) is 13.0. The minimum absolute atomic E-state index is 0.167. The zero-order valence-electron chi connectivity index (χ0n) is 15.5. The molecule has 1 saturated heterocycles. The number of hydrogen-bond acceptors (Lipinski definition) is 7. The number of rotatable bonds is 1. The standard InChI is InChI=1S/C18H23ClN6O2/c1-10-3-4-27-16-14(22-17-20-7-13(19)15(21-10)23-17)11(2)25(24-16)12-5-18(6-12)8-26-9-18/h7,10,12H,3-6,8-9H2,1-2H3,(H2,20,21,22,23). The van der Waals surface area contributed by atoms with E-state index < -0.39 is 0 Å². The molecule has 1 spiro atoms. The number of nitrogens with zero attached hydrogens (tertiary/aromatic N) is 4. The number of nitrogens with one attached hydrogen (secondary N) is 2. The highest BCUT2D eigenvalue weighted by molar-refractivity contribution is 6.32. The molecule has 0 radical (unpaired) electrons. The molecule has 144 valence electrons. The minimum atomic E-state index is 0.167. The van der Waals surface area contributed by atoms with E-state index >= 15 is 0 Å². The van der Waals surface area contributed by atoms with E-state index in [2.05, 4.69) is 39.1 Å². The van der Waals surface area contributed by atoms with Crippen molar-refractivity contribution in [3.63, 3.8) is 0 Å². The lowest BCUT2D eigenvalue weighted by Crippen LogP contribution is -2.52. The lowest BCUT2D eigenvalue weighted by Gasteiger charge is -2.53. The summed E-state index contributed by atoms with van der Waals surface area (Å²) in [6.07, 6.45) is 4.63. The molecule has 4 heterocycles. The molecule has 1 unspecified atom stereocenters. The van der Waals surface area contributed by atoms with Gasteiger partial charge in [-0.15, -0.1) is 5.10 Å². The predicted molar refractivity (Wildman–Crippen MR) is 102 cm³/mol. The van der Waals surface area contributed by atoms with Gasteiger partial charge >= 0.3 is 0 Å². The van der Waals surface area contributed by atoms with Crippen LogP contribution in [-0.2, 0) is 4.74 Å². The summed E-state index contributed by atoms with van der Waals surface area (Å²) in [5.74, 6) is 1.70. The van der Waals surface area contributed by atoms with Crippen LogP contribution >= 0.6 is 11.6 Å². The number of halogens is 1. The maximum absolute atomic E-state index is 6.23. The molecule has 0 aromatic carbocycles. The van der Waals surface area contributed by atoms with Gasteiger partial charge in [0.15, 0.2) is 5.82 Å². The number of aromatic nitrogens is 4. The van der Waals surface area contributed by atoms with Crippen molar-refractivity contribution in [2.45, 2.75) is 45.2 Å². The average molecular weight is 391 g/mol. The van der Waals surface area contributed by atoms with Crippen LogP contribution in [0, 0.1) is 12.3 Å². The Kier molecular flexibility index (Phi) is 3.94. The van der Waals surface area contributed by atoms with Crippen molar-refractivity contribution in [1.29, 1.82) is 0 Å². The fourth-order valence-electron chi connectivity index (χ4n) is 4.11. The SMILES string of the molecule is Cc1c2c(nn1C1CC3(COC3)C1)OCCC(C)Nc1nc(ncc1Cl)N2. The second-order valence-electron chi connectivity index (χ2n) is 7.96. The molecule has 3 aliphatic rings. The van der Waals surface area contributed by atoms with Crippen LogP contribution in [0.5, 0.6) is 5.88 Å². The first-order valence-electron chi connectivity index (χ1n) is 9.39. The molecule has 1 aliphatic carbocycles. The molecule has 8 nitrogen and oxygen atoms in total. The molecule has 2 fully saturated rings. The van der Waals surface area contributed by atoms with Crippen molar-refractivity contribution >= 4 is 29.1 Å². The molecule has 2 aromatic heterocycles. The number of fused-ring (bicyclic) bond motifs is 3. The maximum Gasteiger partial charge on any atom is 0.257 e. The Labute approximate surface area is 162 Å². The Balaban J connectivity index is 1.48. The highest BCUT2D eigenvalue weighted by Gasteiger charge is 2.51. The van der Waals surface area contributed by atoms with Gasteiger partial charge in [-0.3, -0.25) is 4.68 Å². The van der Waals surface area contributed by atoms with E-state index in [0.29, 0.717) is 40.7 Å².